The summed E-state index contributed by atoms with van der Waals surface area (Å²) in [7, 11) is 0. The second kappa shape index (κ2) is 7.24. The molecule has 1 aliphatic carbocycles. The summed E-state index contributed by atoms with van der Waals surface area (Å²) >= 11 is 11.9. The van der Waals surface area contributed by atoms with E-state index in [9.17, 15) is 4.79 Å². The number of hydrogen-bond acceptors (Lipinski definition) is 2. The van der Waals surface area contributed by atoms with Crippen LogP contribution in [0.25, 0.3) is 0 Å². The van der Waals surface area contributed by atoms with Crippen molar-refractivity contribution in [1.29, 1.82) is 0 Å². The highest BCUT2D eigenvalue weighted by Gasteiger charge is 2.33. The second-order valence-corrected chi connectivity index (χ2v) is 6.50. The van der Waals surface area contributed by atoms with Gasteiger partial charge >= 0.3 is 0 Å². The van der Waals surface area contributed by atoms with Crippen molar-refractivity contribution in [3.8, 4) is 5.75 Å². The Morgan fingerprint density at radius 3 is 2.61 bits per heavy atom. The van der Waals surface area contributed by atoms with Gasteiger partial charge in [0.05, 0.1) is 11.1 Å². The lowest BCUT2D eigenvalue weighted by Crippen LogP contribution is -2.33. The summed E-state index contributed by atoms with van der Waals surface area (Å²) in [4.78, 5) is 12.2. The zero-order valence-electron chi connectivity index (χ0n) is 12.5. The summed E-state index contributed by atoms with van der Waals surface area (Å²) in [6.45, 7) is -0.0872. The maximum absolute atomic E-state index is 12.2. The van der Waals surface area contributed by atoms with Crippen molar-refractivity contribution in [2.75, 3.05) is 6.61 Å². The fraction of sp³-hybridized carbons (Fsp3) is 0.278. The van der Waals surface area contributed by atoms with Gasteiger partial charge in [0.15, 0.2) is 6.61 Å². The first-order chi connectivity index (χ1) is 11.1. The molecule has 2 aromatic rings. The maximum Gasteiger partial charge on any atom is 0.258 e. The van der Waals surface area contributed by atoms with Gasteiger partial charge in [0.2, 0.25) is 0 Å². The lowest BCUT2D eigenvalue weighted by atomic mass is 10.0. The molecular formula is C18H17Cl2NO2. The molecule has 1 fully saturated rings. The van der Waals surface area contributed by atoms with E-state index in [0.717, 1.165) is 18.4 Å². The Morgan fingerprint density at radius 2 is 1.91 bits per heavy atom. The Balaban J connectivity index is 1.61. The Labute approximate surface area is 145 Å². The van der Waals surface area contributed by atoms with E-state index < -0.39 is 0 Å². The van der Waals surface area contributed by atoms with Crippen LogP contribution in [-0.4, -0.2) is 12.5 Å². The van der Waals surface area contributed by atoms with Gasteiger partial charge in [-0.3, -0.25) is 4.79 Å². The van der Waals surface area contributed by atoms with Gasteiger partial charge in [-0.05, 0) is 36.5 Å². The Hall–Kier alpha value is -1.71. The molecule has 0 radical (unpaired) electrons. The third-order valence-electron chi connectivity index (χ3n) is 3.82. The van der Waals surface area contributed by atoms with Crippen LogP contribution in [0.1, 0.15) is 24.4 Å². The van der Waals surface area contributed by atoms with E-state index >= 15 is 0 Å². The maximum atomic E-state index is 12.2. The van der Waals surface area contributed by atoms with Crippen molar-refractivity contribution in [3.63, 3.8) is 0 Å². The number of nitrogens with one attached hydrogen (secondary N) is 1. The SMILES string of the molecule is O=C(COc1cc(Cl)ccc1Cl)N[C@H](c1ccccc1)C1CC1. The van der Waals surface area contributed by atoms with Crippen LogP contribution in [0.2, 0.25) is 10.0 Å². The summed E-state index contributed by atoms with van der Waals surface area (Å²) in [5, 5.41) is 4.01. The third-order valence-corrected chi connectivity index (χ3v) is 4.37. The van der Waals surface area contributed by atoms with E-state index in [1.54, 1.807) is 18.2 Å². The monoisotopic (exact) mass is 349 g/mol. The highest BCUT2D eigenvalue weighted by atomic mass is 35.5. The van der Waals surface area contributed by atoms with E-state index in [-0.39, 0.29) is 18.6 Å². The van der Waals surface area contributed by atoms with Crippen LogP contribution in [0.5, 0.6) is 5.75 Å². The van der Waals surface area contributed by atoms with Gasteiger partial charge in [0, 0.05) is 11.1 Å². The molecule has 0 unspecified atom stereocenters. The van der Waals surface area contributed by atoms with E-state index in [4.69, 9.17) is 27.9 Å². The van der Waals surface area contributed by atoms with E-state index in [2.05, 4.69) is 5.32 Å². The van der Waals surface area contributed by atoms with Crippen molar-refractivity contribution in [1.82, 2.24) is 5.32 Å². The van der Waals surface area contributed by atoms with Gasteiger partial charge in [0.1, 0.15) is 5.75 Å². The van der Waals surface area contributed by atoms with Gasteiger partial charge in [-0.2, -0.15) is 0 Å². The van der Waals surface area contributed by atoms with E-state index in [1.807, 2.05) is 30.3 Å². The van der Waals surface area contributed by atoms with Crippen LogP contribution in [0.15, 0.2) is 48.5 Å². The number of benzene rings is 2. The minimum Gasteiger partial charge on any atom is -0.482 e. The summed E-state index contributed by atoms with van der Waals surface area (Å²) in [5.74, 6) is 0.759. The largest absolute Gasteiger partial charge is 0.482 e. The number of ether oxygens (including phenoxy) is 1. The van der Waals surface area contributed by atoms with Crippen molar-refractivity contribution in [3.05, 3.63) is 64.1 Å². The lowest BCUT2D eigenvalue weighted by Gasteiger charge is -2.19. The molecule has 3 rings (SSSR count). The molecule has 1 N–H and O–H groups in total. The first-order valence-electron chi connectivity index (χ1n) is 7.55. The summed E-state index contributed by atoms with van der Waals surface area (Å²) < 4.78 is 5.49. The number of carbonyl (C=O) groups excluding carboxylic acids is 1. The predicted molar refractivity (Wildman–Crippen MR) is 92.0 cm³/mol. The Morgan fingerprint density at radius 1 is 1.17 bits per heavy atom. The number of hydrogen-bond donors (Lipinski definition) is 1. The van der Waals surface area contributed by atoms with Crippen molar-refractivity contribution >= 4 is 29.1 Å². The molecule has 0 saturated heterocycles. The standard InChI is InChI=1S/C18H17Cl2NO2/c19-14-8-9-15(20)16(10-14)23-11-17(22)21-18(13-6-7-13)12-4-2-1-3-5-12/h1-5,8-10,13,18H,6-7,11H2,(H,21,22)/t18-/m1/s1. The molecule has 0 aliphatic heterocycles. The van der Waals surface area contributed by atoms with Crippen LogP contribution < -0.4 is 10.1 Å². The van der Waals surface area contributed by atoms with Crippen LogP contribution >= 0.6 is 23.2 Å². The number of amides is 1. The number of carbonyl (C=O) groups is 1. The zero-order chi connectivity index (χ0) is 16.2. The molecule has 1 atom stereocenters. The third kappa shape index (κ3) is 4.40. The molecule has 0 bridgehead atoms. The molecule has 0 heterocycles. The van der Waals surface area contributed by atoms with Crippen molar-refractivity contribution in [2.45, 2.75) is 18.9 Å². The molecule has 2 aromatic carbocycles. The number of halogens is 2. The molecule has 3 nitrogen and oxygen atoms in total. The Kier molecular flexibility index (Phi) is 5.09. The fourth-order valence-electron chi connectivity index (χ4n) is 2.51. The van der Waals surface area contributed by atoms with E-state index in [0.29, 0.717) is 21.7 Å². The molecule has 5 heteroatoms. The summed E-state index contributed by atoms with van der Waals surface area (Å²) in [6, 6.07) is 15.0. The van der Waals surface area contributed by atoms with Gasteiger partial charge in [-0.1, -0.05) is 53.5 Å². The van der Waals surface area contributed by atoms with Gasteiger partial charge in [-0.25, -0.2) is 0 Å². The second-order valence-electron chi connectivity index (χ2n) is 5.66. The van der Waals surface area contributed by atoms with Crippen molar-refractivity contribution < 1.29 is 9.53 Å². The average molecular weight is 350 g/mol. The van der Waals surface area contributed by atoms with Gasteiger partial charge in [0.25, 0.3) is 5.91 Å². The van der Waals surface area contributed by atoms with Crippen LogP contribution in [0, 0.1) is 5.92 Å². The fourth-order valence-corrected chi connectivity index (χ4v) is 2.84. The quantitative estimate of drug-likeness (QED) is 0.824. The molecule has 1 aliphatic rings. The molecule has 23 heavy (non-hydrogen) atoms. The van der Waals surface area contributed by atoms with Gasteiger partial charge in [-0.15, -0.1) is 0 Å². The minimum atomic E-state index is -0.165. The first kappa shape index (κ1) is 16.2. The number of rotatable bonds is 6. The minimum absolute atomic E-state index is 0.0436. The molecule has 120 valence electrons. The van der Waals surface area contributed by atoms with Crippen molar-refractivity contribution in [2.24, 2.45) is 5.92 Å². The highest BCUT2D eigenvalue weighted by Crippen LogP contribution is 2.40. The van der Waals surface area contributed by atoms with Crippen LogP contribution in [0.4, 0.5) is 0 Å². The summed E-state index contributed by atoms with van der Waals surface area (Å²) in [6.07, 6.45) is 2.28. The molecular weight excluding hydrogens is 333 g/mol. The molecule has 0 spiro atoms. The van der Waals surface area contributed by atoms with Gasteiger partial charge < -0.3 is 10.1 Å². The Bertz CT molecular complexity index is 687. The highest BCUT2D eigenvalue weighted by molar-refractivity contribution is 6.34. The zero-order valence-corrected chi connectivity index (χ0v) is 14.0. The summed E-state index contributed by atoms with van der Waals surface area (Å²) in [5.41, 5.74) is 1.13. The lowest BCUT2D eigenvalue weighted by molar-refractivity contribution is -0.124. The predicted octanol–water partition coefficient (Wildman–Crippen LogP) is 4.64. The van der Waals surface area contributed by atoms with Crippen LogP contribution in [-0.2, 0) is 4.79 Å². The average Bonchev–Trinajstić information content (AvgIpc) is 3.39. The molecule has 1 saturated carbocycles. The smallest absolute Gasteiger partial charge is 0.258 e. The topological polar surface area (TPSA) is 38.3 Å². The normalized spacial score (nSPS) is 15.0. The first-order valence-corrected chi connectivity index (χ1v) is 8.31. The van der Waals surface area contributed by atoms with Crippen LogP contribution in [0.3, 0.4) is 0 Å². The molecule has 0 aromatic heterocycles. The molecule has 1 amide bonds. The van der Waals surface area contributed by atoms with E-state index in [1.165, 1.54) is 0 Å².